The molecular weight excluding hydrogens is 413 g/mol. The van der Waals surface area contributed by atoms with Crippen molar-refractivity contribution in [3.8, 4) is 10.8 Å². The number of rotatable bonds is 4. The summed E-state index contributed by atoms with van der Waals surface area (Å²) in [6.45, 7) is 0.894. The van der Waals surface area contributed by atoms with Crippen molar-refractivity contribution in [2.24, 2.45) is 0 Å². The molecule has 1 amide bonds. The maximum atomic E-state index is 13.4. The third-order valence-corrected chi connectivity index (χ3v) is 7.10. The van der Waals surface area contributed by atoms with E-state index in [0.717, 1.165) is 23.3 Å². The van der Waals surface area contributed by atoms with E-state index in [1.54, 1.807) is 28.4 Å². The molecule has 0 spiro atoms. The Morgan fingerprint density at radius 2 is 2.14 bits per heavy atom. The van der Waals surface area contributed by atoms with E-state index in [1.165, 1.54) is 29.3 Å². The van der Waals surface area contributed by atoms with E-state index in [1.807, 2.05) is 0 Å². The number of likely N-dealkylation sites (tertiary alicyclic amines) is 1. The molecule has 1 unspecified atom stereocenters. The van der Waals surface area contributed by atoms with Crippen molar-refractivity contribution in [2.75, 3.05) is 6.54 Å². The van der Waals surface area contributed by atoms with E-state index in [2.05, 4.69) is 16.2 Å². The third-order valence-electron chi connectivity index (χ3n) is 5.59. The summed E-state index contributed by atoms with van der Waals surface area (Å²) in [6, 6.07) is 6.69. The standard InChI is InChI=1S/C21H19ClFN3O2S/c22-15-7-12(5-6-16(15)23)10-26-11-14(9-19(26)27)20-24-21(28-25-20)18-8-13-3-1-2-4-17(13)29-18/h5-8,14H,1-4,9-11H2. The maximum Gasteiger partial charge on any atom is 0.268 e. The highest BCUT2D eigenvalue weighted by molar-refractivity contribution is 7.15. The molecule has 0 bridgehead atoms. The van der Waals surface area contributed by atoms with Gasteiger partial charge < -0.3 is 9.42 Å². The van der Waals surface area contributed by atoms with E-state index < -0.39 is 5.82 Å². The van der Waals surface area contributed by atoms with E-state index >= 15 is 0 Å². The lowest BCUT2D eigenvalue weighted by atomic mass is 9.99. The SMILES string of the molecule is O=C1CC(c2noc(-c3cc4c(s3)CCCC4)n2)CN1Cc1ccc(F)c(Cl)c1. The Balaban J connectivity index is 1.30. The highest BCUT2D eigenvalue weighted by Crippen LogP contribution is 2.36. The summed E-state index contributed by atoms with van der Waals surface area (Å²) in [5, 5.41) is 4.22. The lowest BCUT2D eigenvalue weighted by Gasteiger charge is -2.16. The van der Waals surface area contributed by atoms with Crippen LogP contribution < -0.4 is 0 Å². The Morgan fingerprint density at radius 3 is 2.97 bits per heavy atom. The second kappa shape index (κ2) is 7.54. The molecule has 0 radical (unpaired) electrons. The van der Waals surface area contributed by atoms with Gasteiger partial charge in [-0.15, -0.1) is 11.3 Å². The van der Waals surface area contributed by atoms with Gasteiger partial charge in [-0.3, -0.25) is 4.79 Å². The average Bonchev–Trinajstić information content (AvgIpc) is 3.43. The molecule has 0 saturated carbocycles. The van der Waals surface area contributed by atoms with Crippen molar-refractivity contribution < 1.29 is 13.7 Å². The van der Waals surface area contributed by atoms with Gasteiger partial charge >= 0.3 is 0 Å². The Morgan fingerprint density at radius 1 is 1.28 bits per heavy atom. The number of nitrogens with zero attached hydrogens (tertiary/aromatic N) is 3. The molecule has 5 nitrogen and oxygen atoms in total. The predicted molar refractivity (Wildman–Crippen MR) is 108 cm³/mol. The number of benzene rings is 1. The number of carbonyl (C=O) groups is 1. The van der Waals surface area contributed by atoms with Crippen LogP contribution in [0.2, 0.25) is 5.02 Å². The molecule has 8 heteroatoms. The summed E-state index contributed by atoms with van der Waals surface area (Å²) >= 11 is 7.58. The van der Waals surface area contributed by atoms with Gasteiger partial charge in [-0.05, 0) is 55.0 Å². The number of carbonyl (C=O) groups excluding carboxylic acids is 1. The normalized spacial score (nSPS) is 19.0. The highest BCUT2D eigenvalue weighted by Gasteiger charge is 2.34. The van der Waals surface area contributed by atoms with Crippen molar-refractivity contribution in [3.05, 3.63) is 56.9 Å². The summed E-state index contributed by atoms with van der Waals surface area (Å²) in [6.07, 6.45) is 5.06. The Bertz CT molecular complexity index is 1060. The molecule has 3 aromatic rings. The van der Waals surface area contributed by atoms with E-state index in [9.17, 15) is 9.18 Å². The molecule has 2 aromatic heterocycles. The second-order valence-corrected chi connectivity index (χ2v) is 9.19. The van der Waals surface area contributed by atoms with Crippen LogP contribution in [0.4, 0.5) is 4.39 Å². The van der Waals surface area contributed by atoms with Gasteiger partial charge in [-0.1, -0.05) is 22.8 Å². The molecule has 2 aliphatic rings. The van der Waals surface area contributed by atoms with Gasteiger partial charge in [-0.25, -0.2) is 4.39 Å². The number of halogens is 2. The quantitative estimate of drug-likeness (QED) is 0.584. The van der Waals surface area contributed by atoms with Crippen LogP contribution in [-0.4, -0.2) is 27.5 Å². The summed E-state index contributed by atoms with van der Waals surface area (Å²) in [4.78, 5) is 21.2. The zero-order valence-electron chi connectivity index (χ0n) is 15.7. The average molecular weight is 432 g/mol. The van der Waals surface area contributed by atoms with Crippen LogP contribution in [0, 0.1) is 5.82 Å². The Hall–Kier alpha value is -2.25. The zero-order chi connectivity index (χ0) is 20.0. The first-order valence-corrected chi connectivity index (χ1v) is 10.9. The van der Waals surface area contributed by atoms with E-state index in [0.29, 0.717) is 31.2 Å². The predicted octanol–water partition coefficient (Wildman–Crippen LogP) is 4.99. The second-order valence-electron chi connectivity index (χ2n) is 7.65. The molecule has 1 aromatic carbocycles. The lowest BCUT2D eigenvalue weighted by Crippen LogP contribution is -2.24. The van der Waals surface area contributed by atoms with Crippen LogP contribution in [0.25, 0.3) is 10.8 Å². The molecule has 5 rings (SSSR count). The first-order valence-electron chi connectivity index (χ1n) is 9.74. The fourth-order valence-electron chi connectivity index (χ4n) is 4.05. The highest BCUT2D eigenvalue weighted by atomic mass is 35.5. The van der Waals surface area contributed by atoms with Gasteiger partial charge in [0.2, 0.25) is 5.91 Å². The summed E-state index contributed by atoms with van der Waals surface area (Å²) in [7, 11) is 0. The minimum Gasteiger partial charge on any atom is -0.338 e. The first kappa shape index (κ1) is 18.8. The van der Waals surface area contributed by atoms with Gasteiger partial charge in [0.05, 0.1) is 9.90 Å². The molecule has 1 aliphatic heterocycles. The largest absolute Gasteiger partial charge is 0.338 e. The van der Waals surface area contributed by atoms with Crippen LogP contribution >= 0.6 is 22.9 Å². The zero-order valence-corrected chi connectivity index (χ0v) is 17.2. The number of thiophene rings is 1. The van der Waals surface area contributed by atoms with Crippen molar-refractivity contribution in [2.45, 2.75) is 44.6 Å². The fourth-order valence-corrected chi connectivity index (χ4v) is 5.43. The molecule has 150 valence electrons. The number of fused-ring (bicyclic) bond motifs is 1. The van der Waals surface area contributed by atoms with Gasteiger partial charge in [-0.2, -0.15) is 4.98 Å². The van der Waals surface area contributed by atoms with E-state index in [-0.39, 0.29) is 16.8 Å². The molecule has 1 saturated heterocycles. The molecule has 29 heavy (non-hydrogen) atoms. The van der Waals surface area contributed by atoms with E-state index in [4.69, 9.17) is 16.1 Å². The summed E-state index contributed by atoms with van der Waals surface area (Å²) in [5.74, 6) is 0.560. The molecule has 1 fully saturated rings. The maximum absolute atomic E-state index is 13.4. The number of hydrogen-bond donors (Lipinski definition) is 0. The Kier molecular flexibility index (Phi) is 4.87. The summed E-state index contributed by atoms with van der Waals surface area (Å²) in [5.41, 5.74) is 2.19. The van der Waals surface area contributed by atoms with Gasteiger partial charge in [0.15, 0.2) is 5.82 Å². The molecule has 1 aliphatic carbocycles. The van der Waals surface area contributed by atoms with Gasteiger partial charge in [0.1, 0.15) is 5.82 Å². The van der Waals surface area contributed by atoms with Gasteiger partial charge in [0, 0.05) is 30.3 Å². The van der Waals surface area contributed by atoms with Crippen molar-refractivity contribution in [1.29, 1.82) is 0 Å². The van der Waals surface area contributed by atoms with Crippen molar-refractivity contribution in [1.82, 2.24) is 15.0 Å². The van der Waals surface area contributed by atoms with Gasteiger partial charge in [0.25, 0.3) is 5.89 Å². The monoisotopic (exact) mass is 431 g/mol. The minimum atomic E-state index is -0.462. The number of aryl methyl sites for hydroxylation is 2. The van der Waals surface area contributed by atoms with Crippen LogP contribution in [0.3, 0.4) is 0 Å². The fraction of sp³-hybridized carbons (Fsp3) is 0.381. The molecule has 3 heterocycles. The molecule has 1 atom stereocenters. The minimum absolute atomic E-state index is 0.0217. The number of hydrogen-bond acceptors (Lipinski definition) is 5. The topological polar surface area (TPSA) is 59.2 Å². The Labute approximate surface area is 176 Å². The number of amides is 1. The number of aromatic nitrogens is 2. The lowest BCUT2D eigenvalue weighted by molar-refractivity contribution is -0.128. The third kappa shape index (κ3) is 3.69. The van der Waals surface area contributed by atoms with Crippen LogP contribution in [-0.2, 0) is 24.2 Å². The first-order chi connectivity index (χ1) is 14.1. The molecule has 0 N–H and O–H groups in total. The molecular formula is C21H19ClFN3O2S. The van der Waals surface area contributed by atoms with Crippen molar-refractivity contribution >= 4 is 28.8 Å². The smallest absolute Gasteiger partial charge is 0.268 e. The van der Waals surface area contributed by atoms with Crippen LogP contribution in [0.5, 0.6) is 0 Å². The van der Waals surface area contributed by atoms with Crippen LogP contribution in [0.15, 0.2) is 28.8 Å². The van der Waals surface area contributed by atoms with Crippen molar-refractivity contribution in [3.63, 3.8) is 0 Å². The van der Waals surface area contributed by atoms with Crippen LogP contribution in [0.1, 0.15) is 47.0 Å². The summed E-state index contributed by atoms with van der Waals surface area (Å²) < 4.78 is 18.9.